The summed E-state index contributed by atoms with van der Waals surface area (Å²) < 4.78 is 11.6. The van der Waals surface area contributed by atoms with Crippen molar-refractivity contribution < 1.29 is 8.83 Å². The van der Waals surface area contributed by atoms with Crippen LogP contribution in [0.25, 0.3) is 11.3 Å². The molecular weight excluding hydrogens is 358 g/mol. The predicted molar refractivity (Wildman–Crippen MR) is 104 cm³/mol. The van der Waals surface area contributed by atoms with Crippen molar-refractivity contribution in [2.24, 2.45) is 0 Å². The Morgan fingerprint density at radius 3 is 2.41 bits per heavy atom. The molecule has 0 radical (unpaired) electrons. The standard InChI is InChI=1S/C21H19N3O2S/c1-15(16-8-4-2-5-9-16)12-19-23-24-21(26-19)27-14-20-22-13-18(25-20)17-10-6-3-7-11-17/h2-11,13,15H,12,14H2,1H3. The van der Waals surface area contributed by atoms with Gasteiger partial charge in [-0.1, -0.05) is 79.3 Å². The molecule has 0 aliphatic heterocycles. The number of aromatic nitrogens is 3. The maximum Gasteiger partial charge on any atom is 0.277 e. The normalized spacial score (nSPS) is 12.2. The molecular formula is C21H19N3O2S. The molecule has 6 heteroatoms. The average Bonchev–Trinajstić information content (AvgIpc) is 3.37. The van der Waals surface area contributed by atoms with E-state index in [-0.39, 0.29) is 0 Å². The van der Waals surface area contributed by atoms with E-state index in [4.69, 9.17) is 8.83 Å². The van der Waals surface area contributed by atoms with Gasteiger partial charge in [-0.15, -0.1) is 10.2 Å². The Hall–Kier alpha value is -2.86. The fourth-order valence-corrected chi connectivity index (χ4v) is 3.41. The minimum atomic E-state index is 0.324. The average molecular weight is 377 g/mol. The third kappa shape index (κ3) is 4.46. The Kier molecular flexibility index (Phi) is 5.34. The Labute approximate surface area is 161 Å². The molecule has 0 spiro atoms. The molecule has 27 heavy (non-hydrogen) atoms. The van der Waals surface area contributed by atoms with E-state index in [0.717, 1.165) is 11.3 Å². The number of benzene rings is 2. The van der Waals surface area contributed by atoms with Gasteiger partial charge < -0.3 is 8.83 Å². The van der Waals surface area contributed by atoms with Crippen LogP contribution >= 0.6 is 11.8 Å². The van der Waals surface area contributed by atoms with E-state index in [0.29, 0.717) is 35.1 Å². The zero-order chi connectivity index (χ0) is 18.5. The van der Waals surface area contributed by atoms with Crippen molar-refractivity contribution in [1.82, 2.24) is 15.2 Å². The maximum absolute atomic E-state index is 5.80. The number of oxazole rings is 1. The van der Waals surface area contributed by atoms with Crippen LogP contribution in [0.5, 0.6) is 0 Å². The van der Waals surface area contributed by atoms with Crippen molar-refractivity contribution in [3.8, 4) is 11.3 Å². The van der Waals surface area contributed by atoms with Gasteiger partial charge in [0.1, 0.15) is 0 Å². The number of hydrogen-bond acceptors (Lipinski definition) is 6. The highest BCUT2D eigenvalue weighted by Crippen LogP contribution is 2.26. The van der Waals surface area contributed by atoms with Crippen molar-refractivity contribution >= 4 is 11.8 Å². The van der Waals surface area contributed by atoms with E-state index in [1.165, 1.54) is 17.3 Å². The van der Waals surface area contributed by atoms with Crippen LogP contribution in [0.2, 0.25) is 0 Å². The quantitative estimate of drug-likeness (QED) is 0.404. The second-order valence-electron chi connectivity index (χ2n) is 6.25. The third-order valence-corrected chi connectivity index (χ3v) is 5.03. The highest BCUT2D eigenvalue weighted by molar-refractivity contribution is 7.98. The second kappa shape index (κ2) is 8.22. The molecule has 5 nitrogen and oxygen atoms in total. The fourth-order valence-electron chi connectivity index (χ4n) is 2.78. The van der Waals surface area contributed by atoms with E-state index in [1.807, 2.05) is 48.5 Å². The number of hydrogen-bond donors (Lipinski definition) is 0. The number of nitrogens with zero attached hydrogens (tertiary/aromatic N) is 3. The third-order valence-electron chi connectivity index (χ3n) is 4.23. The van der Waals surface area contributed by atoms with Crippen LogP contribution in [0.4, 0.5) is 0 Å². The van der Waals surface area contributed by atoms with Crippen LogP contribution in [-0.4, -0.2) is 15.2 Å². The molecule has 2 aromatic heterocycles. The molecule has 1 atom stereocenters. The molecule has 1 unspecified atom stereocenters. The van der Waals surface area contributed by atoms with Crippen molar-refractivity contribution in [3.05, 3.63) is 84.2 Å². The summed E-state index contributed by atoms with van der Waals surface area (Å²) in [5.74, 6) is 2.91. The van der Waals surface area contributed by atoms with Gasteiger partial charge in [0.05, 0.1) is 11.9 Å². The zero-order valence-corrected chi connectivity index (χ0v) is 15.7. The lowest BCUT2D eigenvalue weighted by Crippen LogP contribution is -1.98. The number of thioether (sulfide) groups is 1. The van der Waals surface area contributed by atoms with E-state index in [1.54, 1.807) is 6.20 Å². The first-order chi connectivity index (χ1) is 13.3. The Morgan fingerprint density at radius 1 is 0.889 bits per heavy atom. The monoisotopic (exact) mass is 377 g/mol. The molecule has 4 rings (SSSR count). The molecule has 0 amide bonds. The van der Waals surface area contributed by atoms with Gasteiger partial charge in [-0.25, -0.2) is 4.98 Å². The molecule has 2 heterocycles. The van der Waals surface area contributed by atoms with Gasteiger partial charge >= 0.3 is 0 Å². The van der Waals surface area contributed by atoms with Gasteiger partial charge in [-0.3, -0.25) is 0 Å². The SMILES string of the molecule is CC(Cc1nnc(SCc2ncc(-c3ccccc3)o2)o1)c1ccccc1. The maximum atomic E-state index is 5.80. The van der Waals surface area contributed by atoms with Crippen molar-refractivity contribution in [2.45, 2.75) is 30.2 Å². The lowest BCUT2D eigenvalue weighted by Gasteiger charge is -2.08. The van der Waals surface area contributed by atoms with Crippen LogP contribution in [0.15, 0.2) is 80.9 Å². The smallest absolute Gasteiger partial charge is 0.277 e. The van der Waals surface area contributed by atoms with Gasteiger partial charge in [0, 0.05) is 12.0 Å². The summed E-state index contributed by atoms with van der Waals surface area (Å²) in [7, 11) is 0. The lowest BCUT2D eigenvalue weighted by atomic mass is 9.98. The first-order valence-electron chi connectivity index (χ1n) is 8.78. The second-order valence-corrected chi connectivity index (χ2v) is 7.18. The van der Waals surface area contributed by atoms with Crippen LogP contribution in [0, 0.1) is 0 Å². The van der Waals surface area contributed by atoms with E-state index in [9.17, 15) is 0 Å². The molecule has 0 fully saturated rings. The molecule has 4 aromatic rings. The van der Waals surface area contributed by atoms with E-state index in [2.05, 4.69) is 34.2 Å². The summed E-state index contributed by atoms with van der Waals surface area (Å²) in [6.07, 6.45) is 2.46. The molecule has 0 saturated carbocycles. The van der Waals surface area contributed by atoms with Crippen LogP contribution in [0.1, 0.15) is 30.2 Å². The fraction of sp³-hybridized carbons (Fsp3) is 0.190. The van der Waals surface area contributed by atoms with Crippen molar-refractivity contribution in [2.75, 3.05) is 0 Å². The summed E-state index contributed by atoms with van der Waals surface area (Å²) in [5.41, 5.74) is 2.27. The van der Waals surface area contributed by atoms with Gasteiger partial charge in [-0.05, 0) is 11.5 Å². The highest BCUT2D eigenvalue weighted by atomic mass is 32.2. The largest absolute Gasteiger partial charge is 0.440 e. The minimum absolute atomic E-state index is 0.324. The topological polar surface area (TPSA) is 65.0 Å². The molecule has 0 bridgehead atoms. The van der Waals surface area contributed by atoms with Gasteiger partial charge in [-0.2, -0.15) is 0 Å². The summed E-state index contributed by atoms with van der Waals surface area (Å²) in [5, 5.41) is 8.81. The van der Waals surface area contributed by atoms with Crippen LogP contribution in [-0.2, 0) is 12.2 Å². The summed E-state index contributed by atoms with van der Waals surface area (Å²) in [6.45, 7) is 2.16. The van der Waals surface area contributed by atoms with Gasteiger partial charge in [0.25, 0.3) is 5.22 Å². The highest BCUT2D eigenvalue weighted by Gasteiger charge is 2.14. The number of rotatable bonds is 7. The molecule has 2 aromatic carbocycles. The van der Waals surface area contributed by atoms with Crippen LogP contribution < -0.4 is 0 Å². The molecule has 136 valence electrons. The van der Waals surface area contributed by atoms with Crippen molar-refractivity contribution in [1.29, 1.82) is 0 Å². The molecule has 0 aliphatic carbocycles. The zero-order valence-electron chi connectivity index (χ0n) is 14.9. The first-order valence-corrected chi connectivity index (χ1v) is 9.77. The summed E-state index contributed by atoms with van der Waals surface area (Å²) >= 11 is 1.43. The van der Waals surface area contributed by atoms with Gasteiger partial charge in [0.15, 0.2) is 5.76 Å². The Morgan fingerprint density at radius 2 is 1.63 bits per heavy atom. The van der Waals surface area contributed by atoms with E-state index < -0.39 is 0 Å². The first kappa shape index (κ1) is 17.5. The lowest BCUT2D eigenvalue weighted by molar-refractivity contribution is 0.404. The molecule has 0 saturated heterocycles. The Balaban J connectivity index is 1.34. The molecule has 0 N–H and O–H groups in total. The van der Waals surface area contributed by atoms with Crippen LogP contribution in [0.3, 0.4) is 0 Å². The summed E-state index contributed by atoms with van der Waals surface area (Å²) in [6, 6.07) is 20.2. The van der Waals surface area contributed by atoms with Crippen molar-refractivity contribution in [3.63, 3.8) is 0 Å². The van der Waals surface area contributed by atoms with E-state index >= 15 is 0 Å². The minimum Gasteiger partial charge on any atom is -0.440 e. The molecule has 0 aliphatic rings. The van der Waals surface area contributed by atoms with Gasteiger partial charge in [0.2, 0.25) is 11.8 Å². The summed E-state index contributed by atoms with van der Waals surface area (Å²) in [4.78, 5) is 4.33. The predicted octanol–water partition coefficient (Wildman–Crippen LogP) is 5.36. The Bertz CT molecular complexity index is 983.